The molecular weight excluding hydrogens is 250 g/mol. The van der Waals surface area contributed by atoms with E-state index in [1.165, 1.54) is 0 Å². The lowest BCUT2D eigenvalue weighted by molar-refractivity contribution is -0.136. The van der Waals surface area contributed by atoms with E-state index in [-0.39, 0.29) is 29.0 Å². The Morgan fingerprint density at radius 2 is 2.24 bits per heavy atom. The first-order chi connectivity index (χ1) is 8.10. The first-order valence-corrected chi connectivity index (χ1v) is 4.82. The Morgan fingerprint density at radius 3 is 2.88 bits per heavy atom. The van der Waals surface area contributed by atoms with Crippen LogP contribution in [0.25, 0.3) is 11.2 Å². The molecule has 88 valence electrons. The second kappa shape index (κ2) is 4.34. The molecule has 0 saturated carbocycles. The molecule has 2 rings (SSSR count). The molecule has 2 aromatic rings. The van der Waals surface area contributed by atoms with Gasteiger partial charge in [0.05, 0.1) is 0 Å². The predicted octanol–water partition coefficient (Wildman–Crippen LogP) is 0.202. The molecule has 0 aliphatic rings. The minimum Gasteiger partial charge on any atom is -0.481 e. The molecule has 0 aromatic carbocycles. The molecule has 0 unspecified atom stereocenters. The van der Waals surface area contributed by atoms with Gasteiger partial charge in [-0.05, 0) is 0 Å². The first-order valence-electron chi connectivity index (χ1n) is 4.44. The number of aliphatic carboxylic acids is 1. The van der Waals surface area contributed by atoms with Crippen LogP contribution in [0.15, 0.2) is 0 Å². The van der Waals surface area contributed by atoms with E-state index in [0.717, 1.165) is 0 Å². The number of imidazole rings is 1. The molecule has 9 heteroatoms. The highest BCUT2D eigenvalue weighted by molar-refractivity contribution is 6.33. The largest absolute Gasteiger partial charge is 0.481 e. The summed E-state index contributed by atoms with van der Waals surface area (Å²) in [5, 5.41) is 10.9. The molecule has 0 fully saturated rings. The molecule has 0 radical (unpaired) electrons. The third kappa shape index (κ3) is 2.31. The van der Waals surface area contributed by atoms with Gasteiger partial charge in [-0.3, -0.25) is 14.9 Å². The molecule has 1 amide bonds. The number of carbonyl (C=O) groups excluding carboxylic acids is 1. The Hall–Kier alpha value is -2.22. The smallest absolute Gasteiger partial charge is 0.311 e. The van der Waals surface area contributed by atoms with E-state index >= 15 is 0 Å². The van der Waals surface area contributed by atoms with Crippen molar-refractivity contribution in [1.82, 2.24) is 19.9 Å². The number of hydrogen-bond donors (Lipinski definition) is 3. The van der Waals surface area contributed by atoms with E-state index in [0.29, 0.717) is 11.9 Å². The third-order valence-electron chi connectivity index (χ3n) is 1.86. The summed E-state index contributed by atoms with van der Waals surface area (Å²) in [5.41, 5.74) is 0.532. The number of nitrogens with zero attached hydrogens (tertiary/aromatic N) is 3. The molecule has 0 bridgehead atoms. The van der Waals surface area contributed by atoms with Crippen molar-refractivity contribution in [2.45, 2.75) is 6.42 Å². The highest BCUT2D eigenvalue weighted by atomic mass is 35.5. The van der Waals surface area contributed by atoms with Crippen molar-refractivity contribution in [2.75, 3.05) is 5.32 Å². The molecular formula is C8H6ClN5O3. The third-order valence-corrected chi connectivity index (χ3v) is 2.14. The van der Waals surface area contributed by atoms with Crippen LogP contribution in [0.5, 0.6) is 0 Å². The molecule has 3 N–H and O–H groups in total. The molecule has 0 saturated heterocycles. The summed E-state index contributed by atoms with van der Waals surface area (Å²) < 4.78 is 0. The number of aromatic amines is 1. The Morgan fingerprint density at radius 1 is 1.47 bits per heavy atom. The standard InChI is InChI=1S/C8H6ClN5O3/c9-6-5-7(14-8(13-6)10-2-15)12-3(11-5)1-4(16)17/h2H,1H2,(H,16,17)(H2,10,11,12,13,14,15). The zero-order chi connectivity index (χ0) is 12.4. The van der Waals surface area contributed by atoms with Gasteiger partial charge in [-0.2, -0.15) is 9.97 Å². The van der Waals surface area contributed by atoms with Crippen molar-refractivity contribution in [3.05, 3.63) is 11.0 Å². The number of carbonyl (C=O) groups is 2. The molecule has 0 aliphatic heterocycles. The summed E-state index contributed by atoms with van der Waals surface area (Å²) in [6.07, 6.45) is 0.130. The summed E-state index contributed by atoms with van der Waals surface area (Å²) in [5.74, 6) is -0.808. The van der Waals surface area contributed by atoms with Gasteiger partial charge in [0.2, 0.25) is 12.4 Å². The number of aromatic nitrogens is 4. The molecule has 2 heterocycles. The maximum Gasteiger partial charge on any atom is 0.311 e. The molecule has 2 aromatic heterocycles. The summed E-state index contributed by atoms with van der Waals surface area (Å²) in [4.78, 5) is 35.0. The van der Waals surface area contributed by atoms with Crippen molar-refractivity contribution in [1.29, 1.82) is 0 Å². The van der Waals surface area contributed by atoms with Crippen LogP contribution in [0.4, 0.5) is 5.95 Å². The van der Waals surface area contributed by atoms with E-state index in [2.05, 4.69) is 25.3 Å². The Balaban J connectivity index is 2.48. The van der Waals surface area contributed by atoms with Crippen molar-refractivity contribution >= 4 is 41.1 Å². The number of halogens is 1. The number of hydrogen-bond acceptors (Lipinski definition) is 5. The predicted molar refractivity (Wildman–Crippen MR) is 57.7 cm³/mol. The van der Waals surface area contributed by atoms with E-state index in [4.69, 9.17) is 16.7 Å². The Labute approximate surface area is 99.0 Å². The topological polar surface area (TPSA) is 121 Å². The second-order valence-electron chi connectivity index (χ2n) is 3.05. The van der Waals surface area contributed by atoms with Crippen LogP contribution in [0.3, 0.4) is 0 Å². The van der Waals surface area contributed by atoms with Crippen LogP contribution < -0.4 is 5.32 Å². The lowest BCUT2D eigenvalue weighted by atomic mass is 10.4. The quantitative estimate of drug-likeness (QED) is 0.530. The number of H-pyrrole nitrogens is 1. The first kappa shape index (κ1) is 11.3. The zero-order valence-corrected chi connectivity index (χ0v) is 9.02. The van der Waals surface area contributed by atoms with E-state index in [9.17, 15) is 9.59 Å². The van der Waals surface area contributed by atoms with E-state index in [1.807, 2.05) is 0 Å². The fourth-order valence-electron chi connectivity index (χ4n) is 1.26. The Bertz CT molecular complexity index is 596. The van der Waals surface area contributed by atoms with Crippen LogP contribution in [0.1, 0.15) is 5.82 Å². The summed E-state index contributed by atoms with van der Waals surface area (Å²) >= 11 is 5.82. The number of fused-ring (bicyclic) bond motifs is 1. The highest BCUT2D eigenvalue weighted by Gasteiger charge is 2.12. The van der Waals surface area contributed by atoms with Gasteiger partial charge in [0, 0.05) is 0 Å². The van der Waals surface area contributed by atoms with Gasteiger partial charge < -0.3 is 10.1 Å². The number of carboxylic acid groups (broad SMARTS) is 1. The fourth-order valence-corrected chi connectivity index (χ4v) is 1.47. The molecule has 17 heavy (non-hydrogen) atoms. The van der Waals surface area contributed by atoms with Gasteiger partial charge in [-0.1, -0.05) is 11.6 Å². The molecule has 0 aliphatic carbocycles. The fraction of sp³-hybridized carbons (Fsp3) is 0.125. The van der Waals surface area contributed by atoms with Gasteiger partial charge in [0.25, 0.3) is 0 Å². The van der Waals surface area contributed by atoms with Gasteiger partial charge >= 0.3 is 5.97 Å². The van der Waals surface area contributed by atoms with Crippen LogP contribution in [0, 0.1) is 0 Å². The molecule has 0 atom stereocenters. The lowest BCUT2D eigenvalue weighted by Crippen LogP contribution is -2.01. The van der Waals surface area contributed by atoms with Crippen molar-refractivity contribution in [2.24, 2.45) is 0 Å². The van der Waals surface area contributed by atoms with Gasteiger partial charge in [-0.25, -0.2) is 4.98 Å². The minimum absolute atomic E-state index is 0.00544. The molecule has 0 spiro atoms. The maximum absolute atomic E-state index is 10.5. The van der Waals surface area contributed by atoms with Crippen LogP contribution >= 0.6 is 11.6 Å². The average molecular weight is 256 g/mol. The van der Waals surface area contributed by atoms with E-state index in [1.54, 1.807) is 0 Å². The number of amides is 1. The SMILES string of the molecule is O=CNc1nc(Cl)c2[nH]c(CC(=O)O)nc2n1. The summed E-state index contributed by atoms with van der Waals surface area (Å²) in [6, 6.07) is 0. The highest BCUT2D eigenvalue weighted by Crippen LogP contribution is 2.19. The lowest BCUT2D eigenvalue weighted by Gasteiger charge is -1.96. The van der Waals surface area contributed by atoms with Crippen molar-refractivity contribution in [3.8, 4) is 0 Å². The normalized spacial score (nSPS) is 10.4. The average Bonchev–Trinajstić information content (AvgIpc) is 2.60. The van der Waals surface area contributed by atoms with E-state index < -0.39 is 5.97 Å². The monoisotopic (exact) mass is 255 g/mol. The van der Waals surface area contributed by atoms with Crippen LogP contribution in [0.2, 0.25) is 5.15 Å². The van der Waals surface area contributed by atoms with Gasteiger partial charge in [0.1, 0.15) is 17.8 Å². The van der Waals surface area contributed by atoms with Crippen LogP contribution in [-0.2, 0) is 16.0 Å². The number of rotatable bonds is 4. The summed E-state index contributed by atoms with van der Waals surface area (Å²) in [7, 11) is 0. The number of nitrogens with one attached hydrogen (secondary N) is 2. The molecule has 8 nitrogen and oxygen atoms in total. The van der Waals surface area contributed by atoms with Gasteiger partial charge in [-0.15, -0.1) is 0 Å². The number of anilines is 1. The van der Waals surface area contributed by atoms with Crippen LogP contribution in [-0.4, -0.2) is 37.4 Å². The van der Waals surface area contributed by atoms with Crippen molar-refractivity contribution in [3.63, 3.8) is 0 Å². The summed E-state index contributed by atoms with van der Waals surface area (Å²) in [6.45, 7) is 0. The van der Waals surface area contributed by atoms with Crippen molar-refractivity contribution < 1.29 is 14.7 Å². The number of carboxylic acids is 1. The van der Waals surface area contributed by atoms with Gasteiger partial charge in [0.15, 0.2) is 10.8 Å². The Kier molecular flexibility index (Phi) is 2.88. The zero-order valence-electron chi connectivity index (χ0n) is 8.27. The second-order valence-corrected chi connectivity index (χ2v) is 3.41. The maximum atomic E-state index is 10.5. The minimum atomic E-state index is -1.03.